The van der Waals surface area contributed by atoms with Gasteiger partial charge in [-0.3, -0.25) is 0 Å². The smallest absolute Gasteiger partial charge is 0.122 e. The van der Waals surface area contributed by atoms with Crippen molar-refractivity contribution in [3.63, 3.8) is 0 Å². The van der Waals surface area contributed by atoms with Gasteiger partial charge in [0.15, 0.2) is 0 Å². The second-order valence-electron chi connectivity index (χ2n) is 4.40. The number of halogens is 1. The van der Waals surface area contributed by atoms with Gasteiger partial charge >= 0.3 is 0 Å². The summed E-state index contributed by atoms with van der Waals surface area (Å²) in [5.41, 5.74) is 1.17. The second-order valence-corrected chi connectivity index (χ2v) is 5.31. The first-order chi connectivity index (χ1) is 8.13. The first-order valence-electron chi connectivity index (χ1n) is 6.27. The standard InChI is InChI=1S/C14H22BrNO/c1-4-5-8-16-10-12(3)17-14-7-6-13(15)9-11(14)2/h6-7,9,12,16H,4-5,8,10H2,1-3H3. The van der Waals surface area contributed by atoms with Gasteiger partial charge in [0.25, 0.3) is 0 Å². The van der Waals surface area contributed by atoms with Crippen LogP contribution in [-0.4, -0.2) is 19.2 Å². The Bertz CT molecular complexity index is 341. The molecule has 0 aliphatic rings. The summed E-state index contributed by atoms with van der Waals surface area (Å²) in [6.45, 7) is 8.34. The average molecular weight is 300 g/mol. The Labute approximate surface area is 113 Å². The minimum absolute atomic E-state index is 0.201. The van der Waals surface area contributed by atoms with Crippen LogP contribution in [0.2, 0.25) is 0 Å². The van der Waals surface area contributed by atoms with Gasteiger partial charge in [-0.1, -0.05) is 29.3 Å². The van der Waals surface area contributed by atoms with Crippen LogP contribution >= 0.6 is 15.9 Å². The largest absolute Gasteiger partial charge is 0.489 e. The number of unbranched alkanes of at least 4 members (excludes halogenated alkanes) is 1. The lowest BCUT2D eigenvalue weighted by Gasteiger charge is -2.17. The SMILES string of the molecule is CCCCNCC(C)Oc1ccc(Br)cc1C. The van der Waals surface area contributed by atoms with Crippen LogP contribution in [-0.2, 0) is 0 Å². The second kappa shape index (κ2) is 7.72. The number of ether oxygens (including phenoxy) is 1. The maximum absolute atomic E-state index is 5.90. The molecule has 0 aliphatic heterocycles. The van der Waals surface area contributed by atoms with Crippen LogP contribution < -0.4 is 10.1 Å². The van der Waals surface area contributed by atoms with E-state index in [1.807, 2.05) is 12.1 Å². The minimum Gasteiger partial charge on any atom is -0.489 e. The quantitative estimate of drug-likeness (QED) is 0.771. The Morgan fingerprint density at radius 1 is 1.41 bits per heavy atom. The Hall–Kier alpha value is -0.540. The molecule has 0 saturated carbocycles. The van der Waals surface area contributed by atoms with Crippen LogP contribution in [0.1, 0.15) is 32.3 Å². The summed E-state index contributed by atoms with van der Waals surface area (Å²) < 4.78 is 6.99. The van der Waals surface area contributed by atoms with Crippen LogP contribution in [0.3, 0.4) is 0 Å². The van der Waals surface area contributed by atoms with Crippen LogP contribution in [0.4, 0.5) is 0 Å². The summed E-state index contributed by atoms with van der Waals surface area (Å²) in [4.78, 5) is 0. The fourth-order valence-electron chi connectivity index (χ4n) is 1.61. The summed E-state index contributed by atoms with van der Waals surface area (Å²) in [7, 11) is 0. The highest BCUT2D eigenvalue weighted by molar-refractivity contribution is 9.10. The molecular formula is C14H22BrNO. The predicted octanol–water partition coefficient (Wildman–Crippen LogP) is 3.91. The van der Waals surface area contributed by atoms with E-state index in [0.29, 0.717) is 0 Å². The van der Waals surface area contributed by atoms with Crippen LogP contribution in [0.25, 0.3) is 0 Å². The maximum atomic E-state index is 5.90. The van der Waals surface area contributed by atoms with Crippen LogP contribution in [0.15, 0.2) is 22.7 Å². The van der Waals surface area contributed by atoms with Crippen molar-refractivity contribution in [3.8, 4) is 5.75 Å². The topological polar surface area (TPSA) is 21.3 Å². The van der Waals surface area contributed by atoms with E-state index in [0.717, 1.165) is 23.3 Å². The average Bonchev–Trinajstić information content (AvgIpc) is 2.28. The Balaban J connectivity index is 2.37. The molecule has 96 valence electrons. The van der Waals surface area contributed by atoms with Crippen molar-refractivity contribution in [1.29, 1.82) is 0 Å². The molecule has 0 radical (unpaired) electrons. The van der Waals surface area contributed by atoms with Crippen molar-refractivity contribution in [3.05, 3.63) is 28.2 Å². The van der Waals surface area contributed by atoms with Crippen molar-refractivity contribution >= 4 is 15.9 Å². The summed E-state index contributed by atoms with van der Waals surface area (Å²) in [5.74, 6) is 0.970. The number of benzene rings is 1. The third-order valence-corrected chi connectivity index (χ3v) is 3.10. The lowest BCUT2D eigenvalue weighted by atomic mass is 10.2. The van der Waals surface area contributed by atoms with E-state index in [9.17, 15) is 0 Å². The molecule has 0 fully saturated rings. The normalized spacial score (nSPS) is 12.5. The number of nitrogens with one attached hydrogen (secondary N) is 1. The van der Waals surface area contributed by atoms with Gasteiger partial charge in [0.1, 0.15) is 11.9 Å². The minimum atomic E-state index is 0.201. The summed E-state index contributed by atoms with van der Waals surface area (Å²) in [6, 6.07) is 6.11. The predicted molar refractivity (Wildman–Crippen MR) is 76.7 cm³/mol. The van der Waals surface area contributed by atoms with E-state index < -0.39 is 0 Å². The van der Waals surface area contributed by atoms with Gasteiger partial charge in [-0.15, -0.1) is 0 Å². The molecule has 17 heavy (non-hydrogen) atoms. The highest BCUT2D eigenvalue weighted by atomic mass is 79.9. The number of aryl methyl sites for hydroxylation is 1. The molecule has 0 aliphatic carbocycles. The molecule has 0 spiro atoms. The highest BCUT2D eigenvalue weighted by Gasteiger charge is 2.06. The lowest BCUT2D eigenvalue weighted by Crippen LogP contribution is -2.29. The van der Waals surface area contributed by atoms with Gasteiger partial charge in [-0.25, -0.2) is 0 Å². The molecule has 3 heteroatoms. The number of hydrogen-bond acceptors (Lipinski definition) is 2. The van der Waals surface area contributed by atoms with E-state index in [1.165, 1.54) is 18.4 Å². The summed E-state index contributed by atoms with van der Waals surface area (Å²) in [5, 5.41) is 3.40. The molecule has 1 unspecified atom stereocenters. The fourth-order valence-corrected chi connectivity index (χ4v) is 2.09. The van der Waals surface area contributed by atoms with Crippen LogP contribution in [0, 0.1) is 6.92 Å². The zero-order chi connectivity index (χ0) is 12.7. The van der Waals surface area contributed by atoms with Crippen molar-refractivity contribution < 1.29 is 4.74 Å². The molecule has 1 aromatic rings. The maximum Gasteiger partial charge on any atom is 0.122 e. The molecule has 1 aromatic carbocycles. The molecule has 0 heterocycles. The van der Waals surface area contributed by atoms with Crippen molar-refractivity contribution in [2.45, 2.75) is 39.7 Å². The van der Waals surface area contributed by atoms with Gasteiger partial charge in [0, 0.05) is 11.0 Å². The molecular weight excluding hydrogens is 278 g/mol. The molecule has 1 N–H and O–H groups in total. The Kier molecular flexibility index (Phi) is 6.60. The van der Waals surface area contributed by atoms with Gasteiger partial charge in [-0.05, 0) is 50.6 Å². The monoisotopic (exact) mass is 299 g/mol. The van der Waals surface area contributed by atoms with E-state index in [1.54, 1.807) is 0 Å². The molecule has 2 nitrogen and oxygen atoms in total. The molecule has 0 bridgehead atoms. The van der Waals surface area contributed by atoms with Gasteiger partial charge in [0.05, 0.1) is 0 Å². The van der Waals surface area contributed by atoms with E-state index in [4.69, 9.17) is 4.74 Å². The van der Waals surface area contributed by atoms with Crippen LogP contribution in [0.5, 0.6) is 5.75 Å². The Morgan fingerprint density at radius 3 is 2.82 bits per heavy atom. The Morgan fingerprint density at radius 2 is 2.18 bits per heavy atom. The highest BCUT2D eigenvalue weighted by Crippen LogP contribution is 2.22. The van der Waals surface area contributed by atoms with Crippen molar-refractivity contribution in [2.75, 3.05) is 13.1 Å². The van der Waals surface area contributed by atoms with Crippen molar-refractivity contribution in [1.82, 2.24) is 5.32 Å². The molecule has 1 atom stereocenters. The molecule has 0 saturated heterocycles. The zero-order valence-electron chi connectivity index (χ0n) is 10.9. The number of hydrogen-bond donors (Lipinski definition) is 1. The first kappa shape index (κ1) is 14.5. The van der Waals surface area contributed by atoms with E-state index in [2.05, 4.69) is 48.1 Å². The van der Waals surface area contributed by atoms with E-state index >= 15 is 0 Å². The zero-order valence-corrected chi connectivity index (χ0v) is 12.5. The third kappa shape index (κ3) is 5.55. The molecule has 0 aromatic heterocycles. The molecule has 0 amide bonds. The summed E-state index contributed by atoms with van der Waals surface area (Å²) >= 11 is 3.45. The lowest BCUT2D eigenvalue weighted by molar-refractivity contribution is 0.216. The van der Waals surface area contributed by atoms with Gasteiger partial charge in [-0.2, -0.15) is 0 Å². The number of rotatable bonds is 7. The fraction of sp³-hybridized carbons (Fsp3) is 0.571. The third-order valence-electron chi connectivity index (χ3n) is 2.60. The van der Waals surface area contributed by atoms with Gasteiger partial charge < -0.3 is 10.1 Å². The molecule has 1 rings (SSSR count). The summed E-state index contributed by atoms with van der Waals surface area (Å²) in [6.07, 6.45) is 2.66. The van der Waals surface area contributed by atoms with Crippen molar-refractivity contribution in [2.24, 2.45) is 0 Å². The van der Waals surface area contributed by atoms with E-state index in [-0.39, 0.29) is 6.10 Å². The first-order valence-corrected chi connectivity index (χ1v) is 7.06. The van der Waals surface area contributed by atoms with Gasteiger partial charge in [0.2, 0.25) is 0 Å².